The van der Waals surface area contributed by atoms with Crippen LogP contribution in [0.1, 0.15) is 36.4 Å². The van der Waals surface area contributed by atoms with Crippen molar-refractivity contribution in [2.24, 2.45) is 0 Å². The fraction of sp³-hybridized carbons (Fsp3) is 0.250. The van der Waals surface area contributed by atoms with Gasteiger partial charge in [0.25, 0.3) is 5.56 Å². The van der Waals surface area contributed by atoms with Crippen LogP contribution in [0.25, 0.3) is 16.6 Å². The number of carbonyl (C=O) groups excluding carboxylic acids is 1. The molecule has 0 bridgehead atoms. The van der Waals surface area contributed by atoms with Gasteiger partial charge in [0.2, 0.25) is 5.91 Å². The van der Waals surface area contributed by atoms with Gasteiger partial charge in [-0.2, -0.15) is 0 Å². The van der Waals surface area contributed by atoms with E-state index in [-0.39, 0.29) is 23.3 Å². The number of benzene rings is 4. The molecule has 6 rings (SSSR count). The normalized spacial score (nSPS) is 13.9. The summed E-state index contributed by atoms with van der Waals surface area (Å²) in [5.74, 6) is 0.545. The highest BCUT2D eigenvalue weighted by Gasteiger charge is 2.28. The Kier molecular flexibility index (Phi) is 9.48. The van der Waals surface area contributed by atoms with Gasteiger partial charge in [-0.15, -0.1) is 0 Å². The summed E-state index contributed by atoms with van der Waals surface area (Å²) in [6.07, 6.45) is 2.07. The van der Waals surface area contributed by atoms with Crippen molar-refractivity contribution in [2.75, 3.05) is 31.9 Å². The average Bonchev–Trinajstić information content (AvgIpc) is 3.07. The van der Waals surface area contributed by atoms with Crippen molar-refractivity contribution in [1.29, 1.82) is 0 Å². The molecule has 1 fully saturated rings. The van der Waals surface area contributed by atoms with Gasteiger partial charge in [0.1, 0.15) is 5.82 Å². The molecule has 0 saturated carbocycles. The average molecular weight is 607 g/mol. The topological polar surface area (TPSA) is 58.4 Å². The van der Waals surface area contributed by atoms with Crippen LogP contribution >= 0.6 is 11.8 Å². The maximum absolute atomic E-state index is 13.6. The minimum atomic E-state index is -0.358. The summed E-state index contributed by atoms with van der Waals surface area (Å²) < 4.78 is 15.1. The third-order valence-corrected chi connectivity index (χ3v) is 9.13. The molecule has 4 aromatic carbocycles. The van der Waals surface area contributed by atoms with Crippen LogP contribution in [0.4, 0.5) is 4.39 Å². The smallest absolute Gasteiger partial charge is 0.266 e. The van der Waals surface area contributed by atoms with E-state index in [4.69, 9.17) is 4.98 Å². The number of unbranched alkanes of at least 4 members (excludes halogenated alkanes) is 1. The molecule has 1 aromatic heterocycles. The van der Waals surface area contributed by atoms with Crippen molar-refractivity contribution >= 4 is 28.6 Å². The summed E-state index contributed by atoms with van der Waals surface area (Å²) >= 11 is 1.49. The molecular weight excluding hydrogens is 571 g/mol. The van der Waals surface area contributed by atoms with Crippen molar-refractivity contribution in [3.8, 4) is 5.69 Å². The van der Waals surface area contributed by atoms with Gasteiger partial charge in [-0.25, -0.2) is 9.37 Å². The minimum Gasteiger partial charge on any atom is -0.340 e. The number of para-hydroxylation sites is 1. The van der Waals surface area contributed by atoms with Gasteiger partial charge in [0.05, 0.1) is 22.6 Å². The molecular formula is C36H35FN4O2S. The summed E-state index contributed by atoms with van der Waals surface area (Å²) in [5.41, 5.74) is 3.56. The molecule has 6 nitrogen and oxygen atoms in total. The monoisotopic (exact) mass is 606 g/mol. The lowest BCUT2D eigenvalue weighted by Gasteiger charge is -2.40. The predicted octanol–water partition coefficient (Wildman–Crippen LogP) is 6.72. The van der Waals surface area contributed by atoms with Gasteiger partial charge in [-0.3, -0.25) is 19.1 Å². The summed E-state index contributed by atoms with van der Waals surface area (Å²) in [6, 6.07) is 34.5. The van der Waals surface area contributed by atoms with Crippen LogP contribution in [0.3, 0.4) is 0 Å². The standard InChI is InChI=1S/C36H35FN4O2S/c37-29-18-20-30(21-19-29)41-35(43)31-15-7-8-16-32(31)38-36(41)44-26-10-9-17-33(42)39-22-24-40(25-23-39)34(27-11-3-1-4-12-27)28-13-5-2-6-14-28/h1-8,11-16,18-21,34H,9-10,17,22-26H2. The van der Waals surface area contributed by atoms with E-state index in [0.29, 0.717) is 47.0 Å². The largest absolute Gasteiger partial charge is 0.340 e. The second kappa shape index (κ2) is 14.0. The van der Waals surface area contributed by atoms with E-state index in [1.165, 1.54) is 35.0 Å². The number of hydrogen-bond acceptors (Lipinski definition) is 5. The zero-order valence-corrected chi connectivity index (χ0v) is 25.3. The molecule has 0 spiro atoms. The molecule has 1 aliphatic rings. The molecule has 0 aliphatic carbocycles. The fourth-order valence-electron chi connectivity index (χ4n) is 5.84. The summed E-state index contributed by atoms with van der Waals surface area (Å²) in [5, 5.41) is 1.08. The number of hydrogen-bond donors (Lipinski definition) is 0. The van der Waals surface area contributed by atoms with E-state index in [0.717, 1.165) is 25.9 Å². The van der Waals surface area contributed by atoms with Gasteiger partial charge in [0, 0.05) is 38.4 Å². The van der Waals surface area contributed by atoms with Gasteiger partial charge in [-0.05, 0) is 60.4 Å². The number of fused-ring (bicyclic) bond motifs is 1. The Hall–Kier alpha value is -4.27. The highest BCUT2D eigenvalue weighted by Crippen LogP contribution is 2.30. The summed E-state index contributed by atoms with van der Waals surface area (Å²) in [6.45, 7) is 3.08. The van der Waals surface area contributed by atoms with Gasteiger partial charge < -0.3 is 4.90 Å². The number of amides is 1. The van der Waals surface area contributed by atoms with Crippen LogP contribution in [0, 0.1) is 5.82 Å². The molecule has 0 N–H and O–H groups in total. The van der Waals surface area contributed by atoms with Gasteiger partial charge in [-0.1, -0.05) is 84.6 Å². The molecule has 224 valence electrons. The van der Waals surface area contributed by atoms with Crippen LogP contribution in [0.15, 0.2) is 119 Å². The van der Waals surface area contributed by atoms with Crippen LogP contribution in [0.5, 0.6) is 0 Å². The van der Waals surface area contributed by atoms with Gasteiger partial charge in [0.15, 0.2) is 5.16 Å². The summed E-state index contributed by atoms with van der Waals surface area (Å²) in [7, 11) is 0. The molecule has 0 unspecified atom stereocenters. The Morgan fingerprint density at radius 3 is 2.05 bits per heavy atom. The van der Waals surface area contributed by atoms with Crippen LogP contribution in [-0.4, -0.2) is 57.2 Å². The predicted molar refractivity (Wildman–Crippen MR) is 175 cm³/mol. The lowest BCUT2D eigenvalue weighted by Crippen LogP contribution is -2.49. The second-order valence-corrected chi connectivity index (χ2v) is 12.0. The lowest BCUT2D eigenvalue weighted by atomic mass is 9.96. The maximum Gasteiger partial charge on any atom is 0.266 e. The molecule has 2 heterocycles. The first-order valence-corrected chi connectivity index (χ1v) is 16.1. The highest BCUT2D eigenvalue weighted by atomic mass is 32.2. The van der Waals surface area contributed by atoms with E-state index in [1.807, 2.05) is 35.2 Å². The number of piperazine rings is 1. The van der Waals surface area contributed by atoms with E-state index >= 15 is 0 Å². The zero-order valence-electron chi connectivity index (χ0n) is 24.5. The second-order valence-electron chi connectivity index (χ2n) is 11.0. The Morgan fingerprint density at radius 1 is 0.773 bits per heavy atom. The Morgan fingerprint density at radius 2 is 1.39 bits per heavy atom. The Bertz CT molecular complexity index is 1720. The van der Waals surface area contributed by atoms with Crippen molar-refractivity contribution < 1.29 is 9.18 Å². The zero-order chi connectivity index (χ0) is 30.3. The number of carbonyl (C=O) groups is 1. The van der Waals surface area contributed by atoms with E-state index in [9.17, 15) is 14.0 Å². The van der Waals surface area contributed by atoms with Crippen molar-refractivity contribution in [2.45, 2.75) is 30.5 Å². The fourth-order valence-corrected chi connectivity index (χ4v) is 6.85. The third kappa shape index (κ3) is 6.77. The molecule has 0 radical (unpaired) electrons. The first-order valence-electron chi connectivity index (χ1n) is 15.1. The molecule has 1 aliphatic heterocycles. The number of halogens is 1. The molecule has 5 aromatic rings. The summed E-state index contributed by atoms with van der Waals surface area (Å²) in [4.78, 5) is 35.7. The van der Waals surface area contributed by atoms with Crippen LogP contribution in [0.2, 0.25) is 0 Å². The van der Waals surface area contributed by atoms with Crippen LogP contribution < -0.4 is 5.56 Å². The lowest BCUT2D eigenvalue weighted by molar-refractivity contribution is -0.133. The molecule has 1 saturated heterocycles. The SMILES string of the molecule is O=C(CCCCSc1nc2ccccc2c(=O)n1-c1ccc(F)cc1)N1CCN(C(c2ccccc2)c2ccccc2)CC1. The number of aromatic nitrogens is 2. The van der Waals surface area contributed by atoms with E-state index < -0.39 is 0 Å². The first kappa shape index (κ1) is 29.8. The number of thioether (sulfide) groups is 1. The Labute approximate surface area is 261 Å². The molecule has 0 atom stereocenters. The number of nitrogens with zero attached hydrogens (tertiary/aromatic N) is 4. The quantitative estimate of drug-likeness (QED) is 0.100. The molecule has 44 heavy (non-hydrogen) atoms. The van der Waals surface area contributed by atoms with Crippen molar-refractivity contribution in [3.63, 3.8) is 0 Å². The molecule has 1 amide bonds. The third-order valence-electron chi connectivity index (χ3n) is 8.11. The maximum atomic E-state index is 13.6. The highest BCUT2D eigenvalue weighted by molar-refractivity contribution is 7.99. The number of rotatable bonds is 10. The Balaban J connectivity index is 1.04. The van der Waals surface area contributed by atoms with E-state index in [2.05, 4.69) is 53.4 Å². The first-order chi connectivity index (χ1) is 21.6. The van der Waals surface area contributed by atoms with Crippen LogP contribution in [-0.2, 0) is 4.79 Å². The minimum absolute atomic E-state index is 0.169. The van der Waals surface area contributed by atoms with Crippen molar-refractivity contribution in [1.82, 2.24) is 19.4 Å². The molecule has 8 heteroatoms. The van der Waals surface area contributed by atoms with Crippen molar-refractivity contribution in [3.05, 3.63) is 136 Å². The van der Waals surface area contributed by atoms with Gasteiger partial charge >= 0.3 is 0 Å². The van der Waals surface area contributed by atoms with E-state index in [1.54, 1.807) is 22.8 Å².